The molecule has 0 unspecified atom stereocenters. The van der Waals surface area contributed by atoms with Crippen LogP contribution in [0.1, 0.15) is 18.1 Å². The van der Waals surface area contributed by atoms with E-state index in [2.05, 4.69) is 30.2 Å². The van der Waals surface area contributed by atoms with Crippen molar-refractivity contribution >= 4 is 28.2 Å². The van der Waals surface area contributed by atoms with Crippen molar-refractivity contribution in [3.63, 3.8) is 0 Å². The van der Waals surface area contributed by atoms with Crippen LogP contribution in [-0.2, 0) is 0 Å². The number of rotatable bonds is 4. The van der Waals surface area contributed by atoms with Crippen LogP contribution in [-0.4, -0.2) is 56.0 Å². The van der Waals surface area contributed by atoms with Crippen molar-refractivity contribution in [3.05, 3.63) is 48.0 Å². The van der Waals surface area contributed by atoms with Gasteiger partial charge in [-0.2, -0.15) is 4.52 Å². The van der Waals surface area contributed by atoms with Gasteiger partial charge in [-0.25, -0.2) is 18.7 Å². The Balaban J connectivity index is 1.41. The standard InChI is InChI=1S/C19H18F2N8/c1-11-24-25-15-7-8-16(26-29(11)15)28-9-12(10-28)27(2)19-13-5-3-4-6-14(13)22-18(23-19)17(20)21/h3-8,12,17H,9-10H2,1-2H3. The molecule has 1 fully saturated rings. The fourth-order valence-corrected chi connectivity index (χ4v) is 3.56. The van der Waals surface area contributed by atoms with E-state index in [-0.39, 0.29) is 6.04 Å². The van der Waals surface area contributed by atoms with E-state index in [1.807, 2.05) is 43.1 Å². The highest BCUT2D eigenvalue weighted by Gasteiger charge is 2.33. The van der Waals surface area contributed by atoms with Crippen molar-refractivity contribution in [1.29, 1.82) is 0 Å². The van der Waals surface area contributed by atoms with Crippen LogP contribution in [0.5, 0.6) is 0 Å². The molecule has 0 bridgehead atoms. The molecule has 0 amide bonds. The number of aromatic nitrogens is 6. The smallest absolute Gasteiger partial charge is 0.297 e. The highest BCUT2D eigenvalue weighted by atomic mass is 19.3. The van der Waals surface area contributed by atoms with Crippen LogP contribution in [0.2, 0.25) is 0 Å². The second-order valence-electron chi connectivity index (χ2n) is 7.10. The molecule has 0 spiro atoms. The molecule has 0 saturated carbocycles. The molecule has 0 radical (unpaired) electrons. The maximum absolute atomic E-state index is 13.3. The summed E-state index contributed by atoms with van der Waals surface area (Å²) in [5, 5.41) is 13.4. The number of anilines is 2. The van der Waals surface area contributed by atoms with Crippen LogP contribution < -0.4 is 9.80 Å². The average Bonchev–Trinajstić information content (AvgIpc) is 3.06. The maximum Gasteiger partial charge on any atom is 0.297 e. The maximum atomic E-state index is 13.3. The van der Waals surface area contributed by atoms with Gasteiger partial charge in [0.05, 0.1) is 11.6 Å². The quantitative estimate of drug-likeness (QED) is 0.525. The van der Waals surface area contributed by atoms with E-state index >= 15 is 0 Å². The van der Waals surface area contributed by atoms with Gasteiger partial charge >= 0.3 is 0 Å². The summed E-state index contributed by atoms with van der Waals surface area (Å²) in [6, 6.07) is 11.2. The minimum atomic E-state index is -2.72. The van der Waals surface area contributed by atoms with Crippen LogP contribution in [0.3, 0.4) is 0 Å². The average molecular weight is 396 g/mol. The Kier molecular flexibility index (Phi) is 4.00. The number of fused-ring (bicyclic) bond motifs is 2. The molecule has 4 heterocycles. The van der Waals surface area contributed by atoms with Crippen LogP contribution in [0.15, 0.2) is 36.4 Å². The Labute approximate surface area is 164 Å². The van der Waals surface area contributed by atoms with Gasteiger partial charge < -0.3 is 9.80 Å². The normalized spacial score (nSPS) is 14.7. The molecule has 10 heteroatoms. The molecule has 0 atom stereocenters. The topological polar surface area (TPSA) is 75.3 Å². The molecule has 8 nitrogen and oxygen atoms in total. The number of para-hydroxylation sites is 1. The molecule has 1 saturated heterocycles. The zero-order chi connectivity index (χ0) is 20.1. The summed E-state index contributed by atoms with van der Waals surface area (Å²) in [5.41, 5.74) is 1.22. The zero-order valence-corrected chi connectivity index (χ0v) is 15.9. The highest BCUT2D eigenvalue weighted by Crippen LogP contribution is 2.30. The number of hydrogen-bond acceptors (Lipinski definition) is 7. The predicted molar refractivity (Wildman–Crippen MR) is 104 cm³/mol. The first-order chi connectivity index (χ1) is 14.0. The summed E-state index contributed by atoms with van der Waals surface area (Å²) in [5.74, 6) is 1.62. The predicted octanol–water partition coefficient (Wildman–Crippen LogP) is 2.64. The Hall–Kier alpha value is -3.43. The lowest BCUT2D eigenvalue weighted by Crippen LogP contribution is -2.59. The van der Waals surface area contributed by atoms with E-state index in [1.165, 1.54) is 0 Å². The minimum absolute atomic E-state index is 0.123. The summed E-state index contributed by atoms with van der Waals surface area (Å²) < 4.78 is 28.3. The number of hydrogen-bond donors (Lipinski definition) is 0. The Morgan fingerprint density at radius 2 is 1.86 bits per heavy atom. The van der Waals surface area contributed by atoms with Crippen molar-refractivity contribution in [1.82, 2.24) is 29.8 Å². The number of nitrogens with zero attached hydrogens (tertiary/aromatic N) is 8. The van der Waals surface area contributed by atoms with Gasteiger partial charge in [0.1, 0.15) is 11.6 Å². The zero-order valence-electron chi connectivity index (χ0n) is 15.9. The Morgan fingerprint density at radius 1 is 1.07 bits per heavy atom. The van der Waals surface area contributed by atoms with E-state index in [1.54, 1.807) is 16.6 Å². The molecular formula is C19H18F2N8. The van der Waals surface area contributed by atoms with E-state index in [4.69, 9.17) is 0 Å². The summed E-state index contributed by atoms with van der Waals surface area (Å²) in [6.45, 7) is 3.27. The van der Waals surface area contributed by atoms with Crippen LogP contribution in [0.4, 0.5) is 20.4 Å². The SMILES string of the molecule is Cc1nnc2ccc(N3CC(N(C)c4nc(C(F)F)nc5ccccc45)C3)nn12. The van der Waals surface area contributed by atoms with Gasteiger partial charge in [-0.1, -0.05) is 12.1 Å². The molecule has 5 rings (SSSR count). The third kappa shape index (κ3) is 2.91. The van der Waals surface area contributed by atoms with Crippen molar-refractivity contribution in [3.8, 4) is 0 Å². The fraction of sp³-hybridized carbons (Fsp3) is 0.316. The molecule has 4 aromatic rings. The van der Waals surface area contributed by atoms with Crippen molar-refractivity contribution in [2.24, 2.45) is 0 Å². The monoisotopic (exact) mass is 396 g/mol. The molecule has 1 aromatic carbocycles. The lowest BCUT2D eigenvalue weighted by Gasteiger charge is -2.45. The third-order valence-electron chi connectivity index (χ3n) is 5.27. The number of alkyl halides is 2. The molecule has 29 heavy (non-hydrogen) atoms. The van der Waals surface area contributed by atoms with Gasteiger partial charge in [-0.05, 0) is 31.2 Å². The molecule has 1 aliphatic heterocycles. The first-order valence-corrected chi connectivity index (χ1v) is 9.23. The van der Waals surface area contributed by atoms with Crippen molar-refractivity contribution < 1.29 is 8.78 Å². The number of likely N-dealkylation sites (N-methyl/N-ethyl adjacent to an activating group) is 1. The molecule has 1 aliphatic rings. The third-order valence-corrected chi connectivity index (χ3v) is 5.27. The summed E-state index contributed by atoms with van der Waals surface area (Å²) in [6.07, 6.45) is -2.72. The lowest BCUT2D eigenvalue weighted by atomic mass is 10.1. The first-order valence-electron chi connectivity index (χ1n) is 9.23. The molecule has 0 N–H and O–H groups in total. The van der Waals surface area contributed by atoms with Gasteiger partial charge in [0.2, 0.25) is 0 Å². The second kappa shape index (κ2) is 6.57. The van der Waals surface area contributed by atoms with Gasteiger partial charge in [-0.3, -0.25) is 0 Å². The van der Waals surface area contributed by atoms with Crippen molar-refractivity contribution in [2.75, 3.05) is 29.9 Å². The largest absolute Gasteiger partial charge is 0.352 e. The fourth-order valence-electron chi connectivity index (χ4n) is 3.56. The van der Waals surface area contributed by atoms with Gasteiger partial charge in [0, 0.05) is 25.5 Å². The Bertz CT molecular complexity index is 1200. The van der Waals surface area contributed by atoms with E-state index in [0.717, 1.165) is 17.0 Å². The molecule has 148 valence electrons. The van der Waals surface area contributed by atoms with Crippen LogP contribution in [0.25, 0.3) is 16.6 Å². The van der Waals surface area contributed by atoms with Crippen LogP contribution >= 0.6 is 0 Å². The van der Waals surface area contributed by atoms with Crippen molar-refractivity contribution in [2.45, 2.75) is 19.4 Å². The van der Waals surface area contributed by atoms with E-state index in [0.29, 0.717) is 30.1 Å². The number of aryl methyl sites for hydroxylation is 1. The summed E-state index contributed by atoms with van der Waals surface area (Å²) in [7, 11) is 1.88. The second-order valence-corrected chi connectivity index (χ2v) is 7.10. The first kappa shape index (κ1) is 17.7. The minimum Gasteiger partial charge on any atom is -0.352 e. The highest BCUT2D eigenvalue weighted by molar-refractivity contribution is 5.89. The molecule has 3 aromatic heterocycles. The van der Waals surface area contributed by atoms with E-state index < -0.39 is 12.2 Å². The van der Waals surface area contributed by atoms with E-state index in [9.17, 15) is 8.78 Å². The number of halogens is 2. The molecule has 0 aliphatic carbocycles. The van der Waals surface area contributed by atoms with Gasteiger partial charge in [-0.15, -0.1) is 15.3 Å². The molecular weight excluding hydrogens is 378 g/mol. The van der Waals surface area contributed by atoms with Gasteiger partial charge in [0.25, 0.3) is 6.43 Å². The Morgan fingerprint density at radius 3 is 2.66 bits per heavy atom. The number of benzene rings is 1. The van der Waals surface area contributed by atoms with Crippen LogP contribution in [0, 0.1) is 6.92 Å². The summed E-state index contributed by atoms with van der Waals surface area (Å²) >= 11 is 0. The lowest BCUT2D eigenvalue weighted by molar-refractivity contribution is 0.141. The summed E-state index contributed by atoms with van der Waals surface area (Å²) in [4.78, 5) is 12.2. The van der Waals surface area contributed by atoms with Gasteiger partial charge in [0.15, 0.2) is 17.3 Å².